The van der Waals surface area contributed by atoms with E-state index in [1.54, 1.807) is 13.1 Å². The number of carbonyl (C=O) groups is 2. The van der Waals surface area contributed by atoms with Crippen molar-refractivity contribution < 1.29 is 9.59 Å². The third-order valence-electron chi connectivity index (χ3n) is 2.48. The Hall–Kier alpha value is -1.59. The van der Waals surface area contributed by atoms with Gasteiger partial charge in [-0.05, 0) is 11.6 Å². The highest BCUT2D eigenvalue weighted by Crippen LogP contribution is 2.16. The predicted octanol–water partition coefficient (Wildman–Crippen LogP) is 0.501. The Morgan fingerprint density at radius 1 is 1.39 bits per heavy atom. The second kappa shape index (κ2) is 6.37. The number of primary amides is 1. The molecular formula is C12H16ClN3O2. The number of halogens is 1. The van der Waals surface area contributed by atoms with Crippen LogP contribution in [0.4, 0.5) is 0 Å². The minimum atomic E-state index is -0.907. The number of benzene rings is 1. The molecule has 0 heterocycles. The van der Waals surface area contributed by atoms with Gasteiger partial charge >= 0.3 is 0 Å². The van der Waals surface area contributed by atoms with Gasteiger partial charge in [-0.15, -0.1) is 0 Å². The lowest BCUT2D eigenvalue weighted by Gasteiger charge is -2.21. The first-order valence-corrected chi connectivity index (χ1v) is 5.82. The fourth-order valence-corrected chi connectivity index (χ4v) is 1.74. The van der Waals surface area contributed by atoms with E-state index in [9.17, 15) is 9.59 Å². The number of amides is 2. The maximum atomic E-state index is 11.8. The highest BCUT2D eigenvalue weighted by molar-refractivity contribution is 6.31. The van der Waals surface area contributed by atoms with Crippen LogP contribution in [0.1, 0.15) is 12.0 Å². The average molecular weight is 270 g/mol. The lowest BCUT2D eigenvalue weighted by molar-refractivity contribution is -0.133. The zero-order valence-corrected chi connectivity index (χ0v) is 10.9. The van der Waals surface area contributed by atoms with Gasteiger partial charge in [0.1, 0.15) is 0 Å². The van der Waals surface area contributed by atoms with Crippen LogP contribution in [0.15, 0.2) is 24.3 Å². The van der Waals surface area contributed by atoms with E-state index in [1.807, 2.05) is 18.2 Å². The number of likely N-dealkylation sites (N-methyl/N-ethyl adjacent to an activating group) is 1. The van der Waals surface area contributed by atoms with Crippen LogP contribution in [0.5, 0.6) is 0 Å². The van der Waals surface area contributed by atoms with E-state index in [-0.39, 0.29) is 12.3 Å². The fourth-order valence-electron chi connectivity index (χ4n) is 1.55. The molecule has 0 bridgehead atoms. The topological polar surface area (TPSA) is 89.4 Å². The van der Waals surface area contributed by atoms with Gasteiger partial charge in [0, 0.05) is 18.6 Å². The minimum Gasteiger partial charge on any atom is -0.370 e. The molecule has 0 fully saturated rings. The smallest absolute Gasteiger partial charge is 0.240 e. The maximum absolute atomic E-state index is 11.8. The third-order valence-corrected chi connectivity index (χ3v) is 2.85. The molecule has 2 amide bonds. The summed E-state index contributed by atoms with van der Waals surface area (Å²) in [5, 5.41) is 0.584. The summed E-state index contributed by atoms with van der Waals surface area (Å²) in [7, 11) is 1.60. The Morgan fingerprint density at radius 2 is 2.00 bits per heavy atom. The third kappa shape index (κ3) is 4.01. The molecule has 5 nitrogen and oxygen atoms in total. The number of nitrogens with two attached hydrogens (primary N) is 2. The summed E-state index contributed by atoms with van der Waals surface area (Å²) in [5.74, 6) is -0.935. The molecule has 0 aliphatic heterocycles. The van der Waals surface area contributed by atoms with Crippen molar-refractivity contribution in [3.63, 3.8) is 0 Å². The molecule has 1 atom stereocenters. The molecule has 0 saturated heterocycles. The highest BCUT2D eigenvalue weighted by Gasteiger charge is 2.20. The zero-order valence-electron chi connectivity index (χ0n) is 10.1. The molecule has 6 heteroatoms. The summed E-state index contributed by atoms with van der Waals surface area (Å²) in [5.41, 5.74) is 11.4. The van der Waals surface area contributed by atoms with Gasteiger partial charge in [0.2, 0.25) is 11.8 Å². The molecule has 0 aromatic heterocycles. The standard InChI is InChI=1S/C12H16ClN3O2/c1-16(12(18)10(14)6-11(15)17)7-8-4-2-3-5-9(8)13/h2-5,10H,6-7,14H2,1H3,(H2,15,17). The molecular weight excluding hydrogens is 254 g/mol. The summed E-state index contributed by atoms with van der Waals surface area (Å²) >= 11 is 5.99. The summed E-state index contributed by atoms with van der Waals surface area (Å²) in [6.45, 7) is 0.338. The van der Waals surface area contributed by atoms with Crippen LogP contribution >= 0.6 is 11.6 Å². The van der Waals surface area contributed by atoms with Gasteiger partial charge in [0.15, 0.2) is 0 Å². The molecule has 1 aromatic rings. The number of hydrogen-bond acceptors (Lipinski definition) is 3. The number of rotatable bonds is 5. The van der Waals surface area contributed by atoms with Crippen molar-refractivity contribution in [1.29, 1.82) is 0 Å². The molecule has 98 valence electrons. The average Bonchev–Trinajstić information content (AvgIpc) is 2.30. The molecule has 18 heavy (non-hydrogen) atoms. The highest BCUT2D eigenvalue weighted by atomic mass is 35.5. The number of nitrogens with zero attached hydrogens (tertiary/aromatic N) is 1. The Labute approximate surface area is 111 Å². The van der Waals surface area contributed by atoms with Gasteiger partial charge in [-0.3, -0.25) is 9.59 Å². The maximum Gasteiger partial charge on any atom is 0.240 e. The molecule has 0 aliphatic carbocycles. The van der Waals surface area contributed by atoms with Crippen molar-refractivity contribution in [2.24, 2.45) is 11.5 Å². The molecule has 1 unspecified atom stereocenters. The van der Waals surface area contributed by atoms with E-state index < -0.39 is 11.9 Å². The van der Waals surface area contributed by atoms with Crippen molar-refractivity contribution in [2.75, 3.05) is 7.05 Å². The van der Waals surface area contributed by atoms with Crippen LogP contribution in [0.3, 0.4) is 0 Å². The number of hydrogen-bond donors (Lipinski definition) is 2. The lowest BCUT2D eigenvalue weighted by atomic mass is 10.1. The molecule has 0 saturated carbocycles. The van der Waals surface area contributed by atoms with Gasteiger partial charge < -0.3 is 16.4 Å². The SMILES string of the molecule is CN(Cc1ccccc1Cl)C(=O)C(N)CC(N)=O. The van der Waals surface area contributed by atoms with E-state index in [0.29, 0.717) is 11.6 Å². The van der Waals surface area contributed by atoms with Gasteiger partial charge in [-0.2, -0.15) is 0 Å². The van der Waals surface area contributed by atoms with Crippen LogP contribution in [-0.4, -0.2) is 29.8 Å². The molecule has 1 aromatic carbocycles. The van der Waals surface area contributed by atoms with E-state index in [1.165, 1.54) is 4.90 Å². The molecule has 0 aliphatic rings. The van der Waals surface area contributed by atoms with Crippen molar-refractivity contribution in [2.45, 2.75) is 19.0 Å². The Bertz CT molecular complexity index is 451. The predicted molar refractivity (Wildman–Crippen MR) is 69.7 cm³/mol. The van der Waals surface area contributed by atoms with Crippen LogP contribution in [0, 0.1) is 0 Å². The summed E-state index contributed by atoms with van der Waals surface area (Å²) in [4.78, 5) is 24.0. The van der Waals surface area contributed by atoms with Crippen LogP contribution < -0.4 is 11.5 Å². The van der Waals surface area contributed by atoms with Crippen molar-refractivity contribution in [3.8, 4) is 0 Å². The fraction of sp³-hybridized carbons (Fsp3) is 0.333. The molecule has 0 spiro atoms. The van der Waals surface area contributed by atoms with Crippen molar-refractivity contribution in [3.05, 3.63) is 34.9 Å². The molecule has 0 radical (unpaired) electrons. The zero-order chi connectivity index (χ0) is 13.7. The quantitative estimate of drug-likeness (QED) is 0.816. The monoisotopic (exact) mass is 269 g/mol. The largest absolute Gasteiger partial charge is 0.370 e. The Balaban J connectivity index is 2.65. The summed E-state index contributed by atoms with van der Waals surface area (Å²) < 4.78 is 0. The minimum absolute atomic E-state index is 0.161. The van der Waals surface area contributed by atoms with E-state index in [4.69, 9.17) is 23.1 Å². The normalized spacial score (nSPS) is 11.9. The number of carbonyl (C=O) groups excluding carboxylic acids is 2. The van der Waals surface area contributed by atoms with Crippen molar-refractivity contribution in [1.82, 2.24) is 4.90 Å². The summed E-state index contributed by atoms with van der Waals surface area (Å²) in [6, 6.07) is 6.31. The van der Waals surface area contributed by atoms with E-state index in [2.05, 4.69) is 0 Å². The second-order valence-corrected chi connectivity index (χ2v) is 4.47. The second-order valence-electron chi connectivity index (χ2n) is 4.06. The first-order valence-electron chi connectivity index (χ1n) is 5.44. The molecule has 4 N–H and O–H groups in total. The van der Waals surface area contributed by atoms with Gasteiger partial charge in [0.25, 0.3) is 0 Å². The first-order chi connectivity index (χ1) is 8.41. The van der Waals surface area contributed by atoms with Crippen molar-refractivity contribution >= 4 is 23.4 Å². The van der Waals surface area contributed by atoms with Gasteiger partial charge in [0.05, 0.1) is 12.5 Å². The lowest BCUT2D eigenvalue weighted by Crippen LogP contribution is -2.43. The van der Waals surface area contributed by atoms with Crippen LogP contribution in [-0.2, 0) is 16.1 Å². The first kappa shape index (κ1) is 14.5. The molecule has 1 rings (SSSR count). The van der Waals surface area contributed by atoms with Crippen LogP contribution in [0.25, 0.3) is 0 Å². The van der Waals surface area contributed by atoms with E-state index >= 15 is 0 Å². The Morgan fingerprint density at radius 3 is 2.56 bits per heavy atom. The van der Waals surface area contributed by atoms with Crippen LogP contribution in [0.2, 0.25) is 5.02 Å². The Kier molecular flexibility index (Phi) is 5.12. The van der Waals surface area contributed by atoms with Gasteiger partial charge in [-0.1, -0.05) is 29.8 Å². The summed E-state index contributed by atoms with van der Waals surface area (Å²) in [6.07, 6.45) is -0.161. The van der Waals surface area contributed by atoms with E-state index in [0.717, 1.165) is 5.56 Å². The van der Waals surface area contributed by atoms with Gasteiger partial charge in [-0.25, -0.2) is 0 Å².